The molecule has 0 heterocycles. The van der Waals surface area contributed by atoms with Gasteiger partial charge in [-0.3, -0.25) is 0 Å². The predicted molar refractivity (Wildman–Crippen MR) is 81.4 cm³/mol. The summed E-state index contributed by atoms with van der Waals surface area (Å²) in [7, 11) is 1.50. The Morgan fingerprint density at radius 1 is 1.15 bits per heavy atom. The molecule has 0 saturated heterocycles. The molecule has 5 heteroatoms. The van der Waals surface area contributed by atoms with Gasteiger partial charge in [-0.15, -0.1) is 0 Å². The third-order valence-corrected chi connectivity index (χ3v) is 3.65. The van der Waals surface area contributed by atoms with Crippen molar-refractivity contribution in [1.82, 2.24) is 0 Å². The summed E-state index contributed by atoms with van der Waals surface area (Å²) in [6, 6.07) is 10.0. The normalized spacial score (nSPS) is 10.4. The van der Waals surface area contributed by atoms with Crippen LogP contribution >= 0.6 is 27.5 Å². The lowest BCUT2D eigenvalue weighted by Gasteiger charge is -2.11. The van der Waals surface area contributed by atoms with Gasteiger partial charge in [0.25, 0.3) is 0 Å². The van der Waals surface area contributed by atoms with Crippen LogP contribution in [0.2, 0.25) is 5.02 Å². The van der Waals surface area contributed by atoms with Gasteiger partial charge in [-0.2, -0.15) is 0 Å². The Morgan fingerprint density at radius 3 is 2.60 bits per heavy atom. The van der Waals surface area contributed by atoms with Crippen molar-refractivity contribution in [2.24, 2.45) is 0 Å². The quantitative estimate of drug-likeness (QED) is 0.702. The molecule has 0 aliphatic heterocycles. The van der Waals surface area contributed by atoms with E-state index >= 15 is 0 Å². The summed E-state index contributed by atoms with van der Waals surface area (Å²) in [6.45, 7) is 0.150. The third kappa shape index (κ3) is 3.64. The topological polar surface area (TPSA) is 18.5 Å². The Bertz CT molecular complexity index is 604. The average Bonchev–Trinajstić information content (AvgIpc) is 2.46. The van der Waals surface area contributed by atoms with E-state index < -0.39 is 0 Å². The molecule has 0 saturated carbocycles. The number of rotatable bonds is 5. The first-order chi connectivity index (χ1) is 9.63. The highest BCUT2D eigenvalue weighted by atomic mass is 79.9. The Labute approximate surface area is 130 Å². The standard InChI is InChI=1S/C15H13BrClFO2/c1-19-13-4-2-10(14(18)7-13)9-20-15-5-3-12(17)6-11(15)8-16/h2-7H,8-9H2,1H3. The first kappa shape index (κ1) is 15.1. The van der Waals surface area contributed by atoms with Crippen LogP contribution in [-0.2, 0) is 11.9 Å². The summed E-state index contributed by atoms with van der Waals surface area (Å²) in [5.41, 5.74) is 1.40. The summed E-state index contributed by atoms with van der Waals surface area (Å²) in [6.07, 6.45) is 0. The molecule has 2 rings (SSSR count). The van der Waals surface area contributed by atoms with Crippen LogP contribution in [0.15, 0.2) is 36.4 Å². The Kier molecular flexibility index (Phi) is 5.26. The fourth-order valence-electron chi connectivity index (χ4n) is 1.72. The van der Waals surface area contributed by atoms with Crippen molar-refractivity contribution in [2.45, 2.75) is 11.9 Å². The van der Waals surface area contributed by atoms with Crippen molar-refractivity contribution in [3.63, 3.8) is 0 Å². The number of methoxy groups -OCH3 is 1. The molecule has 0 radical (unpaired) electrons. The zero-order valence-electron chi connectivity index (χ0n) is 10.8. The van der Waals surface area contributed by atoms with E-state index in [0.29, 0.717) is 27.4 Å². The SMILES string of the molecule is COc1ccc(COc2ccc(Cl)cc2CBr)c(F)c1. The van der Waals surface area contributed by atoms with Gasteiger partial charge >= 0.3 is 0 Å². The molecule has 0 amide bonds. The highest BCUT2D eigenvalue weighted by Gasteiger charge is 2.08. The van der Waals surface area contributed by atoms with Gasteiger partial charge in [-0.1, -0.05) is 27.5 Å². The lowest BCUT2D eigenvalue weighted by Crippen LogP contribution is -2.00. The summed E-state index contributed by atoms with van der Waals surface area (Å²) in [5.74, 6) is 0.819. The zero-order valence-corrected chi connectivity index (χ0v) is 13.2. The van der Waals surface area contributed by atoms with Gasteiger partial charge in [-0.05, 0) is 30.3 Å². The molecule has 20 heavy (non-hydrogen) atoms. The molecule has 2 nitrogen and oxygen atoms in total. The van der Waals surface area contributed by atoms with Crippen LogP contribution < -0.4 is 9.47 Å². The van der Waals surface area contributed by atoms with E-state index in [1.165, 1.54) is 13.2 Å². The second-order valence-electron chi connectivity index (χ2n) is 4.13. The number of ether oxygens (including phenoxy) is 2. The van der Waals surface area contributed by atoms with Gasteiger partial charge in [0, 0.05) is 27.5 Å². The fourth-order valence-corrected chi connectivity index (χ4v) is 2.35. The van der Waals surface area contributed by atoms with E-state index in [9.17, 15) is 4.39 Å². The maximum absolute atomic E-state index is 13.8. The van der Waals surface area contributed by atoms with Crippen LogP contribution in [0.1, 0.15) is 11.1 Å². The van der Waals surface area contributed by atoms with Gasteiger partial charge in [0.15, 0.2) is 0 Å². The van der Waals surface area contributed by atoms with E-state index in [0.717, 1.165) is 5.56 Å². The minimum Gasteiger partial charge on any atom is -0.497 e. The maximum atomic E-state index is 13.8. The van der Waals surface area contributed by atoms with Crippen molar-refractivity contribution >= 4 is 27.5 Å². The number of hydrogen-bond acceptors (Lipinski definition) is 2. The monoisotopic (exact) mass is 358 g/mol. The number of alkyl halides is 1. The lowest BCUT2D eigenvalue weighted by molar-refractivity contribution is 0.297. The van der Waals surface area contributed by atoms with Gasteiger partial charge in [-0.25, -0.2) is 4.39 Å². The molecule has 0 N–H and O–H groups in total. The van der Waals surface area contributed by atoms with Crippen LogP contribution in [0.3, 0.4) is 0 Å². The van der Waals surface area contributed by atoms with E-state index in [2.05, 4.69) is 15.9 Å². The van der Waals surface area contributed by atoms with Gasteiger partial charge in [0.2, 0.25) is 0 Å². The Balaban J connectivity index is 2.12. The number of benzene rings is 2. The van der Waals surface area contributed by atoms with Crippen molar-refractivity contribution in [3.8, 4) is 11.5 Å². The summed E-state index contributed by atoms with van der Waals surface area (Å²) >= 11 is 9.29. The molecule has 0 aromatic heterocycles. The Morgan fingerprint density at radius 2 is 1.95 bits per heavy atom. The first-order valence-electron chi connectivity index (χ1n) is 5.93. The van der Waals surface area contributed by atoms with Crippen LogP contribution in [-0.4, -0.2) is 7.11 Å². The minimum absolute atomic E-state index is 0.150. The highest BCUT2D eigenvalue weighted by Crippen LogP contribution is 2.26. The van der Waals surface area contributed by atoms with E-state index in [1.807, 2.05) is 6.07 Å². The second-order valence-corrected chi connectivity index (χ2v) is 5.13. The smallest absolute Gasteiger partial charge is 0.133 e. The van der Waals surface area contributed by atoms with Gasteiger partial charge in [0.1, 0.15) is 23.9 Å². The highest BCUT2D eigenvalue weighted by molar-refractivity contribution is 9.08. The van der Waals surface area contributed by atoms with Crippen LogP contribution in [0, 0.1) is 5.82 Å². The third-order valence-electron chi connectivity index (χ3n) is 2.81. The number of halogens is 3. The molecule has 0 aliphatic rings. The van der Waals surface area contributed by atoms with Crippen molar-refractivity contribution < 1.29 is 13.9 Å². The van der Waals surface area contributed by atoms with Crippen LogP contribution in [0.4, 0.5) is 4.39 Å². The first-order valence-corrected chi connectivity index (χ1v) is 7.43. The molecule has 2 aromatic rings. The largest absolute Gasteiger partial charge is 0.497 e. The maximum Gasteiger partial charge on any atom is 0.133 e. The summed E-state index contributed by atoms with van der Waals surface area (Å²) < 4.78 is 24.4. The average molecular weight is 360 g/mol. The molecule has 0 bridgehead atoms. The predicted octanol–water partition coefficient (Wildman–Crippen LogP) is 4.96. The molecule has 0 atom stereocenters. The van der Waals surface area contributed by atoms with E-state index in [4.69, 9.17) is 21.1 Å². The number of hydrogen-bond donors (Lipinski definition) is 0. The molecular weight excluding hydrogens is 347 g/mol. The summed E-state index contributed by atoms with van der Waals surface area (Å²) in [5, 5.41) is 1.26. The fraction of sp³-hybridized carbons (Fsp3) is 0.200. The van der Waals surface area contributed by atoms with Crippen molar-refractivity contribution in [1.29, 1.82) is 0 Å². The van der Waals surface area contributed by atoms with Crippen LogP contribution in [0.25, 0.3) is 0 Å². The van der Waals surface area contributed by atoms with Gasteiger partial charge in [0.05, 0.1) is 7.11 Å². The minimum atomic E-state index is -0.348. The van der Waals surface area contributed by atoms with Crippen LogP contribution in [0.5, 0.6) is 11.5 Å². The second kappa shape index (κ2) is 6.95. The molecule has 2 aromatic carbocycles. The molecule has 0 fully saturated rings. The zero-order chi connectivity index (χ0) is 14.5. The molecular formula is C15H13BrClFO2. The van der Waals surface area contributed by atoms with Crippen molar-refractivity contribution in [3.05, 3.63) is 58.4 Å². The molecule has 106 valence electrons. The molecule has 0 unspecified atom stereocenters. The Hall–Kier alpha value is -1.26. The summed E-state index contributed by atoms with van der Waals surface area (Å²) in [4.78, 5) is 0. The molecule has 0 spiro atoms. The van der Waals surface area contributed by atoms with E-state index in [1.54, 1.807) is 24.3 Å². The van der Waals surface area contributed by atoms with Crippen molar-refractivity contribution in [2.75, 3.05) is 7.11 Å². The molecule has 0 aliphatic carbocycles. The van der Waals surface area contributed by atoms with Gasteiger partial charge < -0.3 is 9.47 Å². The van der Waals surface area contributed by atoms with E-state index in [-0.39, 0.29) is 12.4 Å². The lowest BCUT2D eigenvalue weighted by atomic mass is 10.2.